The SMILES string of the molecule is CCCCCCCCc1ccc(CO[C@@H]2CN[C@H](CO)C2)cc1.Cl. The van der Waals surface area contributed by atoms with Gasteiger partial charge < -0.3 is 15.2 Å². The first kappa shape index (κ1) is 21.4. The Morgan fingerprint density at radius 2 is 1.71 bits per heavy atom. The van der Waals surface area contributed by atoms with Gasteiger partial charge in [-0.1, -0.05) is 63.3 Å². The monoisotopic (exact) mass is 355 g/mol. The van der Waals surface area contributed by atoms with Crippen LogP contribution in [0.25, 0.3) is 0 Å². The predicted octanol–water partition coefficient (Wildman–Crippen LogP) is 4.25. The fourth-order valence-corrected chi connectivity index (χ4v) is 3.17. The summed E-state index contributed by atoms with van der Waals surface area (Å²) in [6.45, 7) is 3.98. The van der Waals surface area contributed by atoms with E-state index in [1.807, 2.05) is 0 Å². The second kappa shape index (κ2) is 12.7. The lowest BCUT2D eigenvalue weighted by Gasteiger charge is -2.11. The van der Waals surface area contributed by atoms with Crippen LogP contribution in [0.15, 0.2) is 24.3 Å². The van der Waals surface area contributed by atoms with Gasteiger partial charge in [0.2, 0.25) is 0 Å². The van der Waals surface area contributed by atoms with Crippen molar-refractivity contribution in [1.82, 2.24) is 5.32 Å². The number of hydrogen-bond acceptors (Lipinski definition) is 3. The summed E-state index contributed by atoms with van der Waals surface area (Å²) in [7, 11) is 0. The van der Waals surface area contributed by atoms with Crippen molar-refractivity contribution in [1.29, 1.82) is 0 Å². The summed E-state index contributed by atoms with van der Waals surface area (Å²) in [6.07, 6.45) is 10.5. The summed E-state index contributed by atoms with van der Waals surface area (Å²) >= 11 is 0. The Morgan fingerprint density at radius 1 is 1.04 bits per heavy atom. The number of aliphatic hydroxyl groups is 1. The van der Waals surface area contributed by atoms with Gasteiger partial charge in [-0.25, -0.2) is 0 Å². The average molecular weight is 356 g/mol. The fourth-order valence-electron chi connectivity index (χ4n) is 3.17. The number of benzene rings is 1. The van der Waals surface area contributed by atoms with Crippen molar-refractivity contribution < 1.29 is 9.84 Å². The molecule has 4 heteroatoms. The van der Waals surface area contributed by atoms with E-state index in [9.17, 15) is 0 Å². The molecule has 0 unspecified atom stereocenters. The van der Waals surface area contributed by atoms with E-state index in [2.05, 4.69) is 36.5 Å². The first-order valence-corrected chi connectivity index (χ1v) is 9.35. The highest BCUT2D eigenvalue weighted by atomic mass is 35.5. The van der Waals surface area contributed by atoms with Crippen molar-refractivity contribution in [2.24, 2.45) is 0 Å². The highest BCUT2D eigenvalue weighted by Crippen LogP contribution is 2.15. The molecule has 1 fully saturated rings. The lowest BCUT2D eigenvalue weighted by molar-refractivity contribution is 0.0512. The molecule has 0 aliphatic carbocycles. The van der Waals surface area contributed by atoms with Crippen molar-refractivity contribution in [2.45, 2.75) is 77.0 Å². The predicted molar refractivity (Wildman–Crippen MR) is 103 cm³/mol. The minimum Gasteiger partial charge on any atom is -0.395 e. The van der Waals surface area contributed by atoms with Crippen LogP contribution >= 0.6 is 12.4 Å². The fraction of sp³-hybridized carbons (Fsp3) is 0.700. The second-order valence-corrected chi connectivity index (χ2v) is 6.79. The third-order valence-electron chi connectivity index (χ3n) is 4.73. The Hall–Kier alpha value is -0.610. The maximum absolute atomic E-state index is 9.11. The van der Waals surface area contributed by atoms with Gasteiger partial charge in [0, 0.05) is 12.6 Å². The second-order valence-electron chi connectivity index (χ2n) is 6.79. The van der Waals surface area contributed by atoms with Crippen molar-refractivity contribution >= 4 is 12.4 Å². The molecule has 0 spiro atoms. The molecule has 0 amide bonds. The van der Waals surface area contributed by atoms with E-state index in [4.69, 9.17) is 9.84 Å². The standard InChI is InChI=1S/C20H33NO2.ClH/c1-2-3-4-5-6-7-8-17-9-11-18(12-10-17)16-23-20-13-19(15-22)21-14-20;/h9-12,19-22H,2-8,13-16H2,1H3;1H/t19-,20-;/m0./s1. The molecule has 1 aliphatic rings. The minimum atomic E-state index is 0. The molecule has 0 saturated carbocycles. The van der Waals surface area contributed by atoms with E-state index in [0.29, 0.717) is 6.61 Å². The van der Waals surface area contributed by atoms with E-state index in [1.54, 1.807) is 0 Å². The van der Waals surface area contributed by atoms with Gasteiger partial charge in [0.15, 0.2) is 0 Å². The molecule has 2 N–H and O–H groups in total. The molecule has 2 rings (SSSR count). The quantitative estimate of drug-likeness (QED) is 0.583. The van der Waals surface area contributed by atoms with Gasteiger partial charge in [0.1, 0.15) is 0 Å². The highest BCUT2D eigenvalue weighted by Gasteiger charge is 2.23. The highest BCUT2D eigenvalue weighted by molar-refractivity contribution is 5.85. The maximum atomic E-state index is 9.11. The molecule has 1 heterocycles. The molecule has 0 radical (unpaired) electrons. The third-order valence-corrected chi connectivity index (χ3v) is 4.73. The smallest absolute Gasteiger partial charge is 0.0721 e. The van der Waals surface area contributed by atoms with Gasteiger partial charge in [0.25, 0.3) is 0 Å². The van der Waals surface area contributed by atoms with Gasteiger partial charge in [-0.05, 0) is 30.4 Å². The van der Waals surface area contributed by atoms with Gasteiger partial charge in [-0.3, -0.25) is 0 Å². The van der Waals surface area contributed by atoms with Crippen LogP contribution in [0.4, 0.5) is 0 Å². The number of unbranched alkanes of at least 4 members (excludes halogenated alkanes) is 5. The molecule has 138 valence electrons. The number of aryl methyl sites for hydroxylation is 1. The largest absolute Gasteiger partial charge is 0.395 e. The Labute approximate surface area is 153 Å². The number of hydrogen-bond donors (Lipinski definition) is 2. The summed E-state index contributed by atoms with van der Waals surface area (Å²) in [5, 5.41) is 12.4. The molecular weight excluding hydrogens is 322 g/mol. The molecule has 1 aromatic rings. The lowest BCUT2D eigenvalue weighted by Crippen LogP contribution is -2.24. The van der Waals surface area contributed by atoms with E-state index in [-0.39, 0.29) is 31.2 Å². The van der Waals surface area contributed by atoms with Crippen LogP contribution in [0.3, 0.4) is 0 Å². The first-order valence-electron chi connectivity index (χ1n) is 9.35. The Balaban J connectivity index is 0.00000288. The van der Waals surface area contributed by atoms with Crippen LogP contribution in [0.2, 0.25) is 0 Å². The van der Waals surface area contributed by atoms with Gasteiger partial charge in [-0.15, -0.1) is 12.4 Å². The third kappa shape index (κ3) is 7.98. The summed E-state index contributed by atoms with van der Waals surface area (Å²) in [5.41, 5.74) is 2.68. The summed E-state index contributed by atoms with van der Waals surface area (Å²) in [4.78, 5) is 0. The molecular formula is C20H34ClNO2. The summed E-state index contributed by atoms with van der Waals surface area (Å²) < 4.78 is 5.92. The van der Waals surface area contributed by atoms with Crippen LogP contribution in [-0.4, -0.2) is 30.4 Å². The molecule has 2 atom stereocenters. The zero-order valence-corrected chi connectivity index (χ0v) is 15.8. The molecule has 24 heavy (non-hydrogen) atoms. The Bertz CT molecular complexity index is 424. The van der Waals surface area contributed by atoms with Crippen LogP contribution in [-0.2, 0) is 17.8 Å². The molecule has 0 bridgehead atoms. The van der Waals surface area contributed by atoms with Crippen molar-refractivity contribution in [2.75, 3.05) is 13.2 Å². The number of aliphatic hydroxyl groups excluding tert-OH is 1. The van der Waals surface area contributed by atoms with Crippen LogP contribution in [0, 0.1) is 0 Å². The number of nitrogens with one attached hydrogen (secondary N) is 1. The van der Waals surface area contributed by atoms with Crippen molar-refractivity contribution in [3.8, 4) is 0 Å². The van der Waals surface area contributed by atoms with Crippen molar-refractivity contribution in [3.05, 3.63) is 35.4 Å². The lowest BCUT2D eigenvalue weighted by atomic mass is 10.0. The Kier molecular flexibility index (Phi) is 11.4. The van der Waals surface area contributed by atoms with Gasteiger partial charge >= 0.3 is 0 Å². The Morgan fingerprint density at radius 3 is 2.38 bits per heavy atom. The van der Waals surface area contributed by atoms with Gasteiger partial charge in [-0.2, -0.15) is 0 Å². The van der Waals surface area contributed by atoms with E-state index in [0.717, 1.165) is 13.0 Å². The number of rotatable bonds is 11. The van der Waals surface area contributed by atoms with E-state index < -0.39 is 0 Å². The minimum absolute atomic E-state index is 0. The molecule has 3 nitrogen and oxygen atoms in total. The van der Waals surface area contributed by atoms with E-state index >= 15 is 0 Å². The first-order chi connectivity index (χ1) is 11.3. The van der Waals surface area contributed by atoms with Crippen LogP contribution < -0.4 is 5.32 Å². The zero-order valence-electron chi connectivity index (χ0n) is 15.0. The molecule has 1 aliphatic heterocycles. The molecule has 0 aromatic heterocycles. The normalized spacial score (nSPS) is 20.1. The molecule has 1 saturated heterocycles. The summed E-state index contributed by atoms with van der Waals surface area (Å²) in [6, 6.07) is 9.08. The van der Waals surface area contributed by atoms with E-state index in [1.165, 1.54) is 56.1 Å². The van der Waals surface area contributed by atoms with Crippen LogP contribution in [0.1, 0.15) is 63.0 Å². The maximum Gasteiger partial charge on any atom is 0.0721 e. The zero-order chi connectivity index (χ0) is 16.3. The number of ether oxygens (including phenoxy) is 1. The molecule has 1 aromatic carbocycles. The van der Waals surface area contributed by atoms with Gasteiger partial charge in [0.05, 0.1) is 19.3 Å². The number of halogens is 1. The summed E-state index contributed by atoms with van der Waals surface area (Å²) in [5.74, 6) is 0. The van der Waals surface area contributed by atoms with Crippen molar-refractivity contribution in [3.63, 3.8) is 0 Å². The van der Waals surface area contributed by atoms with Crippen LogP contribution in [0.5, 0.6) is 0 Å². The average Bonchev–Trinajstić information content (AvgIpc) is 3.05. The topological polar surface area (TPSA) is 41.5 Å².